The molecule has 0 radical (unpaired) electrons. The number of aliphatic hydroxyl groups is 1. The van der Waals surface area contributed by atoms with Crippen molar-refractivity contribution < 1.29 is 33.3 Å². The zero-order valence-electron chi connectivity index (χ0n) is 19.4. The SMILES string of the molecule is C=CCOc1ccc(C2C(=C(O)c3ccc(OC)cc3)C(=O)C(=O)N2Cc2ccco2)cc1OC. The highest BCUT2D eigenvalue weighted by Gasteiger charge is 2.46. The van der Waals surface area contributed by atoms with Crippen LogP contribution in [0.2, 0.25) is 0 Å². The zero-order chi connectivity index (χ0) is 24.9. The Labute approximate surface area is 202 Å². The summed E-state index contributed by atoms with van der Waals surface area (Å²) >= 11 is 0. The molecule has 1 amide bonds. The van der Waals surface area contributed by atoms with Crippen LogP contribution in [0.1, 0.15) is 22.9 Å². The van der Waals surface area contributed by atoms with Crippen molar-refractivity contribution in [3.05, 3.63) is 96.0 Å². The van der Waals surface area contributed by atoms with Crippen LogP contribution in [0.4, 0.5) is 0 Å². The van der Waals surface area contributed by atoms with Crippen LogP contribution in [-0.2, 0) is 16.1 Å². The molecule has 1 N–H and O–H groups in total. The molecule has 3 aromatic rings. The number of hydrogen-bond acceptors (Lipinski definition) is 7. The van der Waals surface area contributed by atoms with E-state index in [-0.39, 0.29) is 24.5 Å². The molecule has 0 saturated carbocycles. The molecule has 180 valence electrons. The number of rotatable bonds is 9. The fourth-order valence-corrected chi connectivity index (χ4v) is 3.99. The van der Waals surface area contributed by atoms with E-state index < -0.39 is 17.7 Å². The summed E-state index contributed by atoms with van der Waals surface area (Å²) in [6.45, 7) is 3.97. The highest BCUT2D eigenvalue weighted by atomic mass is 16.5. The lowest BCUT2D eigenvalue weighted by molar-refractivity contribution is -0.140. The average molecular weight is 475 g/mol. The number of nitrogens with zero attached hydrogens (tertiary/aromatic N) is 1. The number of aliphatic hydroxyl groups excluding tert-OH is 1. The Bertz CT molecular complexity index is 1260. The zero-order valence-corrected chi connectivity index (χ0v) is 19.4. The minimum absolute atomic E-state index is 0.0338. The van der Waals surface area contributed by atoms with Gasteiger partial charge in [0.25, 0.3) is 11.7 Å². The maximum atomic E-state index is 13.2. The van der Waals surface area contributed by atoms with Crippen LogP contribution in [0.15, 0.2) is 83.5 Å². The van der Waals surface area contributed by atoms with E-state index >= 15 is 0 Å². The number of carbonyl (C=O) groups is 2. The van der Waals surface area contributed by atoms with Crippen LogP contribution in [-0.4, -0.2) is 42.5 Å². The lowest BCUT2D eigenvalue weighted by Crippen LogP contribution is -2.29. The van der Waals surface area contributed by atoms with Crippen molar-refractivity contribution in [3.63, 3.8) is 0 Å². The topological polar surface area (TPSA) is 98.4 Å². The van der Waals surface area contributed by atoms with E-state index in [1.54, 1.807) is 60.7 Å². The van der Waals surface area contributed by atoms with Crippen LogP contribution in [0.25, 0.3) is 5.76 Å². The molecule has 0 bridgehead atoms. The van der Waals surface area contributed by atoms with Gasteiger partial charge >= 0.3 is 0 Å². The Hall–Kier alpha value is -4.46. The van der Waals surface area contributed by atoms with Crippen molar-refractivity contribution in [2.45, 2.75) is 12.6 Å². The number of furan rings is 1. The van der Waals surface area contributed by atoms with Gasteiger partial charge in [-0.25, -0.2) is 0 Å². The molecule has 1 aliphatic heterocycles. The molecule has 1 aliphatic rings. The molecule has 4 rings (SSSR count). The smallest absolute Gasteiger partial charge is 0.296 e. The van der Waals surface area contributed by atoms with Gasteiger partial charge in [0.15, 0.2) is 11.5 Å². The first-order valence-corrected chi connectivity index (χ1v) is 10.8. The summed E-state index contributed by atoms with van der Waals surface area (Å²) in [5.74, 6) is 0.166. The van der Waals surface area contributed by atoms with Crippen LogP contribution in [0, 0.1) is 0 Å². The number of ether oxygens (including phenoxy) is 3. The van der Waals surface area contributed by atoms with Gasteiger partial charge in [0, 0.05) is 5.56 Å². The van der Waals surface area contributed by atoms with Gasteiger partial charge in [0.2, 0.25) is 0 Å². The molecule has 0 aliphatic carbocycles. The molecule has 0 spiro atoms. The number of hydrogen-bond donors (Lipinski definition) is 1. The van der Waals surface area contributed by atoms with Gasteiger partial charge in [-0.15, -0.1) is 0 Å². The molecule has 1 aromatic heterocycles. The van der Waals surface area contributed by atoms with Gasteiger partial charge in [-0.3, -0.25) is 9.59 Å². The molecule has 35 heavy (non-hydrogen) atoms. The minimum atomic E-state index is -0.885. The van der Waals surface area contributed by atoms with Crippen molar-refractivity contribution >= 4 is 17.4 Å². The average Bonchev–Trinajstić information content (AvgIpc) is 3.49. The van der Waals surface area contributed by atoms with E-state index in [0.29, 0.717) is 34.1 Å². The lowest BCUT2D eigenvalue weighted by atomic mass is 9.95. The highest BCUT2D eigenvalue weighted by Crippen LogP contribution is 2.42. The standard InChI is InChI=1S/C27H25NO7/c1-4-13-35-21-12-9-18(15-22(21)33-3)24-23(25(29)17-7-10-19(32-2)11-8-17)26(30)27(31)28(24)16-20-6-5-14-34-20/h4-12,14-15,24,29H,1,13,16H2,2-3H3. The number of carbonyl (C=O) groups excluding carboxylic acids is 2. The van der Waals surface area contributed by atoms with Crippen LogP contribution in [0.5, 0.6) is 17.2 Å². The fraction of sp³-hybridized carbons (Fsp3) is 0.185. The molecule has 2 heterocycles. The summed E-state index contributed by atoms with van der Waals surface area (Å²) in [7, 11) is 3.03. The number of amides is 1. The van der Waals surface area contributed by atoms with Gasteiger partial charge in [-0.05, 0) is 54.1 Å². The summed E-state index contributed by atoms with van der Waals surface area (Å²) in [6.07, 6.45) is 3.10. The van der Waals surface area contributed by atoms with Crippen molar-refractivity contribution in [1.29, 1.82) is 0 Å². The molecule has 8 heteroatoms. The summed E-state index contributed by atoms with van der Waals surface area (Å²) in [6, 6.07) is 14.2. The summed E-state index contributed by atoms with van der Waals surface area (Å²) < 4.78 is 21.7. The predicted molar refractivity (Wildman–Crippen MR) is 128 cm³/mol. The van der Waals surface area contributed by atoms with Crippen molar-refractivity contribution in [2.75, 3.05) is 20.8 Å². The van der Waals surface area contributed by atoms with Crippen LogP contribution < -0.4 is 14.2 Å². The number of benzene rings is 2. The Morgan fingerprint density at radius 2 is 1.86 bits per heavy atom. The Balaban J connectivity index is 1.85. The highest BCUT2D eigenvalue weighted by molar-refractivity contribution is 6.46. The third-order valence-electron chi connectivity index (χ3n) is 5.67. The lowest BCUT2D eigenvalue weighted by Gasteiger charge is -2.25. The maximum Gasteiger partial charge on any atom is 0.296 e. The molecule has 1 fully saturated rings. The minimum Gasteiger partial charge on any atom is -0.507 e. The second kappa shape index (κ2) is 10.2. The second-order valence-electron chi connectivity index (χ2n) is 7.74. The van der Waals surface area contributed by atoms with E-state index in [2.05, 4.69) is 6.58 Å². The third-order valence-corrected chi connectivity index (χ3v) is 5.67. The largest absolute Gasteiger partial charge is 0.507 e. The van der Waals surface area contributed by atoms with Gasteiger partial charge in [-0.2, -0.15) is 0 Å². The Kier molecular flexibility index (Phi) is 6.91. The van der Waals surface area contributed by atoms with Crippen LogP contribution >= 0.6 is 0 Å². The normalized spacial score (nSPS) is 16.9. The van der Waals surface area contributed by atoms with Crippen molar-refractivity contribution in [1.82, 2.24) is 4.90 Å². The Morgan fingerprint density at radius 3 is 2.49 bits per heavy atom. The van der Waals surface area contributed by atoms with Gasteiger partial charge in [0.05, 0.1) is 38.6 Å². The molecule has 1 saturated heterocycles. The monoisotopic (exact) mass is 475 g/mol. The summed E-state index contributed by atoms with van der Waals surface area (Å²) in [5.41, 5.74) is 0.909. The first-order valence-electron chi connectivity index (χ1n) is 10.8. The summed E-state index contributed by atoms with van der Waals surface area (Å²) in [5, 5.41) is 11.2. The molecule has 2 aromatic carbocycles. The Morgan fingerprint density at radius 1 is 1.09 bits per heavy atom. The molecule has 8 nitrogen and oxygen atoms in total. The number of likely N-dealkylation sites (tertiary alicyclic amines) is 1. The van der Waals surface area contributed by atoms with E-state index in [4.69, 9.17) is 18.6 Å². The third kappa shape index (κ3) is 4.63. The number of methoxy groups -OCH3 is 2. The number of ketones is 1. The van der Waals surface area contributed by atoms with Crippen molar-refractivity contribution in [2.24, 2.45) is 0 Å². The van der Waals surface area contributed by atoms with Gasteiger partial charge in [-0.1, -0.05) is 18.7 Å². The van der Waals surface area contributed by atoms with E-state index in [9.17, 15) is 14.7 Å². The predicted octanol–water partition coefficient (Wildman–Crippen LogP) is 4.48. The first kappa shape index (κ1) is 23.7. The molecule has 1 atom stereocenters. The quantitative estimate of drug-likeness (QED) is 0.211. The molecular weight excluding hydrogens is 450 g/mol. The first-order chi connectivity index (χ1) is 17.0. The molecule has 1 unspecified atom stereocenters. The van der Waals surface area contributed by atoms with Gasteiger partial charge < -0.3 is 28.6 Å². The maximum absolute atomic E-state index is 13.2. The van der Waals surface area contributed by atoms with E-state index in [1.165, 1.54) is 25.4 Å². The fourth-order valence-electron chi connectivity index (χ4n) is 3.99. The van der Waals surface area contributed by atoms with E-state index in [1.807, 2.05) is 0 Å². The molecular formula is C27H25NO7. The number of Topliss-reactive ketones (excluding diaryl/α,β-unsaturated/α-hetero) is 1. The summed E-state index contributed by atoms with van der Waals surface area (Å²) in [4.78, 5) is 27.7. The van der Waals surface area contributed by atoms with Gasteiger partial charge in [0.1, 0.15) is 23.9 Å². The second-order valence-corrected chi connectivity index (χ2v) is 7.74. The van der Waals surface area contributed by atoms with Crippen molar-refractivity contribution in [3.8, 4) is 17.2 Å². The van der Waals surface area contributed by atoms with E-state index in [0.717, 1.165) is 0 Å². The van der Waals surface area contributed by atoms with Crippen LogP contribution in [0.3, 0.4) is 0 Å².